The molecule has 0 rings (SSSR count). The number of halogens is 1. The molecule has 0 unspecified atom stereocenters. The Morgan fingerprint density at radius 1 is 1.00 bits per heavy atom. The van der Waals surface area contributed by atoms with Crippen LogP contribution >= 0.6 is 15.9 Å². The Bertz CT molecular complexity index is 183. The molecule has 0 aromatic heterocycles. The second-order valence-corrected chi connectivity index (χ2v) is 5.59. The fraction of sp³-hybridized carbons (Fsp3) is 0.929. The van der Waals surface area contributed by atoms with Crippen LogP contribution in [0, 0.1) is 0 Å². The maximum Gasteiger partial charge on any atom is 0.319 e. The first kappa shape index (κ1) is 16.9. The number of alkyl halides is 1. The minimum Gasteiger partial charge on any atom is -0.465 e. The Hall–Kier alpha value is -0.0500. The highest BCUT2D eigenvalue weighted by atomic mass is 79.9. The fourth-order valence-electron chi connectivity index (χ4n) is 1.81. The van der Waals surface area contributed by atoms with Crippen molar-refractivity contribution in [2.24, 2.45) is 0 Å². The van der Waals surface area contributed by atoms with Crippen molar-refractivity contribution in [2.75, 3.05) is 6.61 Å². The molecule has 0 aliphatic carbocycles. The van der Waals surface area contributed by atoms with E-state index in [1.807, 2.05) is 6.92 Å². The van der Waals surface area contributed by atoms with Crippen molar-refractivity contribution < 1.29 is 9.53 Å². The summed E-state index contributed by atoms with van der Waals surface area (Å²) in [5, 5.41) is 0. The van der Waals surface area contributed by atoms with Crippen molar-refractivity contribution in [2.45, 2.75) is 76.5 Å². The van der Waals surface area contributed by atoms with E-state index in [1.54, 1.807) is 0 Å². The van der Waals surface area contributed by atoms with Crippen molar-refractivity contribution in [1.82, 2.24) is 0 Å². The average Bonchev–Trinajstić information content (AvgIpc) is 2.32. The third-order valence-electron chi connectivity index (χ3n) is 2.85. The van der Waals surface area contributed by atoms with Crippen LogP contribution < -0.4 is 0 Å². The molecule has 0 bridgehead atoms. The first-order chi connectivity index (χ1) is 8.22. The molecule has 0 fully saturated rings. The predicted octanol–water partition coefficient (Wildman–Crippen LogP) is 4.84. The summed E-state index contributed by atoms with van der Waals surface area (Å²) in [7, 11) is 0. The van der Waals surface area contributed by atoms with Gasteiger partial charge in [0.15, 0.2) is 0 Å². The van der Waals surface area contributed by atoms with Crippen LogP contribution in [0.4, 0.5) is 0 Å². The molecule has 0 radical (unpaired) electrons. The van der Waals surface area contributed by atoms with Gasteiger partial charge in [-0.15, -0.1) is 0 Å². The van der Waals surface area contributed by atoms with Gasteiger partial charge in [-0.05, 0) is 13.3 Å². The van der Waals surface area contributed by atoms with Crippen LogP contribution in [-0.2, 0) is 9.53 Å². The normalized spacial score (nSPS) is 12.4. The van der Waals surface area contributed by atoms with Gasteiger partial charge in [-0.2, -0.15) is 0 Å². The number of carbonyl (C=O) groups excluding carboxylic acids is 1. The van der Waals surface area contributed by atoms with Gasteiger partial charge in [-0.25, -0.2) is 0 Å². The van der Waals surface area contributed by atoms with E-state index in [-0.39, 0.29) is 10.8 Å². The predicted molar refractivity (Wildman–Crippen MR) is 76.6 cm³/mol. The van der Waals surface area contributed by atoms with Crippen LogP contribution in [0.1, 0.15) is 71.6 Å². The summed E-state index contributed by atoms with van der Waals surface area (Å²) in [4.78, 5) is 11.2. The maximum absolute atomic E-state index is 11.3. The second-order valence-electron chi connectivity index (χ2n) is 4.48. The molecule has 0 spiro atoms. The van der Waals surface area contributed by atoms with Gasteiger partial charge in [0.1, 0.15) is 4.83 Å². The average molecular weight is 307 g/mol. The van der Waals surface area contributed by atoms with Crippen molar-refractivity contribution in [3.8, 4) is 0 Å². The summed E-state index contributed by atoms with van der Waals surface area (Å²) in [6, 6.07) is 0. The first-order valence-electron chi connectivity index (χ1n) is 7.03. The third-order valence-corrected chi connectivity index (χ3v) is 3.69. The third kappa shape index (κ3) is 10.8. The SMILES string of the molecule is CCCCCCCCCC[C@@H](Br)C(=O)OCC. The van der Waals surface area contributed by atoms with E-state index in [2.05, 4.69) is 22.9 Å². The molecular weight excluding hydrogens is 280 g/mol. The van der Waals surface area contributed by atoms with Crippen LogP contribution in [0.15, 0.2) is 0 Å². The van der Waals surface area contributed by atoms with Crippen LogP contribution in [0.25, 0.3) is 0 Å². The van der Waals surface area contributed by atoms with E-state index in [0.29, 0.717) is 6.61 Å². The zero-order valence-corrected chi connectivity index (χ0v) is 12.9. The number of rotatable bonds is 11. The van der Waals surface area contributed by atoms with E-state index in [0.717, 1.165) is 12.8 Å². The van der Waals surface area contributed by atoms with Crippen LogP contribution in [0.3, 0.4) is 0 Å². The van der Waals surface area contributed by atoms with Crippen molar-refractivity contribution in [3.05, 3.63) is 0 Å². The highest BCUT2D eigenvalue weighted by Gasteiger charge is 2.14. The van der Waals surface area contributed by atoms with E-state index in [9.17, 15) is 4.79 Å². The first-order valence-corrected chi connectivity index (χ1v) is 7.94. The molecule has 0 heterocycles. The molecule has 0 aliphatic rings. The lowest BCUT2D eigenvalue weighted by molar-refractivity contribution is -0.142. The molecule has 3 heteroatoms. The Labute approximate surface area is 115 Å². The zero-order chi connectivity index (χ0) is 12.9. The van der Waals surface area contributed by atoms with Crippen molar-refractivity contribution >= 4 is 21.9 Å². The largest absolute Gasteiger partial charge is 0.465 e. The quantitative estimate of drug-likeness (QED) is 0.310. The van der Waals surface area contributed by atoms with Gasteiger partial charge in [-0.3, -0.25) is 4.79 Å². The number of unbranched alkanes of at least 4 members (excludes halogenated alkanes) is 7. The second kappa shape index (κ2) is 12.4. The van der Waals surface area contributed by atoms with Gasteiger partial charge < -0.3 is 4.74 Å². The van der Waals surface area contributed by atoms with Crippen LogP contribution in [-0.4, -0.2) is 17.4 Å². The fourth-order valence-corrected chi connectivity index (χ4v) is 2.26. The lowest BCUT2D eigenvalue weighted by atomic mass is 10.1. The van der Waals surface area contributed by atoms with Gasteiger partial charge in [0.05, 0.1) is 6.61 Å². The topological polar surface area (TPSA) is 26.3 Å². The molecule has 0 saturated heterocycles. The van der Waals surface area contributed by atoms with Gasteiger partial charge >= 0.3 is 5.97 Å². The molecular formula is C14H27BrO2. The molecule has 0 aromatic rings. The van der Waals surface area contributed by atoms with Gasteiger partial charge in [-0.1, -0.05) is 74.2 Å². The molecule has 0 saturated carbocycles. The zero-order valence-electron chi connectivity index (χ0n) is 11.3. The van der Waals surface area contributed by atoms with Crippen LogP contribution in [0.5, 0.6) is 0 Å². The van der Waals surface area contributed by atoms with E-state index in [1.165, 1.54) is 44.9 Å². The maximum atomic E-state index is 11.3. The van der Waals surface area contributed by atoms with E-state index >= 15 is 0 Å². The van der Waals surface area contributed by atoms with E-state index in [4.69, 9.17) is 4.74 Å². The molecule has 0 aliphatic heterocycles. The minimum atomic E-state index is -0.115. The highest BCUT2D eigenvalue weighted by molar-refractivity contribution is 9.10. The summed E-state index contributed by atoms with van der Waals surface area (Å²) in [5.41, 5.74) is 0. The lowest BCUT2D eigenvalue weighted by Crippen LogP contribution is -2.17. The number of hydrogen-bond acceptors (Lipinski definition) is 2. The summed E-state index contributed by atoms with van der Waals surface area (Å²) in [5.74, 6) is -0.115. The number of carbonyl (C=O) groups is 1. The minimum absolute atomic E-state index is 0.109. The molecule has 0 aromatic carbocycles. The summed E-state index contributed by atoms with van der Waals surface area (Å²) < 4.78 is 4.94. The summed E-state index contributed by atoms with van der Waals surface area (Å²) in [6.45, 7) is 4.55. The molecule has 1 atom stereocenters. The standard InChI is InChI=1S/C14H27BrO2/c1-3-5-6-7-8-9-10-11-12-13(15)14(16)17-4-2/h13H,3-12H2,1-2H3/t13-/m1/s1. The van der Waals surface area contributed by atoms with Crippen LogP contribution in [0.2, 0.25) is 0 Å². The van der Waals surface area contributed by atoms with Gasteiger partial charge in [0.2, 0.25) is 0 Å². The van der Waals surface area contributed by atoms with Gasteiger partial charge in [0.25, 0.3) is 0 Å². The Balaban J connectivity index is 3.24. The molecule has 0 amide bonds. The van der Waals surface area contributed by atoms with Crippen molar-refractivity contribution in [3.63, 3.8) is 0 Å². The lowest BCUT2D eigenvalue weighted by Gasteiger charge is -2.08. The Morgan fingerprint density at radius 3 is 2.06 bits per heavy atom. The molecule has 2 nitrogen and oxygen atoms in total. The molecule has 17 heavy (non-hydrogen) atoms. The van der Waals surface area contributed by atoms with Gasteiger partial charge in [0, 0.05) is 0 Å². The summed E-state index contributed by atoms with van der Waals surface area (Å²) >= 11 is 3.37. The number of esters is 1. The molecule has 102 valence electrons. The van der Waals surface area contributed by atoms with E-state index < -0.39 is 0 Å². The Morgan fingerprint density at radius 2 is 1.53 bits per heavy atom. The number of hydrogen-bond donors (Lipinski definition) is 0. The monoisotopic (exact) mass is 306 g/mol. The van der Waals surface area contributed by atoms with Crippen molar-refractivity contribution in [1.29, 1.82) is 0 Å². The highest BCUT2D eigenvalue weighted by Crippen LogP contribution is 2.15. The molecule has 0 N–H and O–H groups in total. The number of ether oxygens (including phenoxy) is 1. The summed E-state index contributed by atoms with van der Waals surface area (Å²) in [6.07, 6.45) is 11.3. The smallest absolute Gasteiger partial charge is 0.319 e. The Kier molecular flexibility index (Phi) is 12.4.